The number of carboxylic acids is 1. The Kier molecular flexibility index (Phi) is 6.34. The highest BCUT2D eigenvalue weighted by atomic mass is 32.1. The van der Waals surface area contributed by atoms with Crippen molar-refractivity contribution in [1.82, 2.24) is 5.32 Å². The molecule has 128 valence electrons. The molecule has 0 saturated heterocycles. The molecule has 1 amide bonds. The van der Waals surface area contributed by atoms with Crippen molar-refractivity contribution in [3.63, 3.8) is 0 Å². The molecule has 0 aliphatic heterocycles. The lowest BCUT2D eigenvalue weighted by molar-refractivity contribution is -0.132. The van der Waals surface area contributed by atoms with Gasteiger partial charge in [-0.2, -0.15) is 0 Å². The van der Waals surface area contributed by atoms with Gasteiger partial charge >= 0.3 is 5.97 Å². The number of ether oxygens (including phenoxy) is 2. The fourth-order valence-corrected chi connectivity index (χ4v) is 2.75. The first-order valence-corrected chi connectivity index (χ1v) is 8.15. The minimum atomic E-state index is -0.965. The molecule has 0 radical (unpaired) electrons. The Morgan fingerprint density at radius 3 is 2.75 bits per heavy atom. The molecule has 7 heteroatoms. The first-order valence-electron chi connectivity index (χ1n) is 7.34. The first-order chi connectivity index (χ1) is 11.5. The van der Waals surface area contributed by atoms with E-state index in [1.807, 2.05) is 24.3 Å². The summed E-state index contributed by atoms with van der Waals surface area (Å²) in [5.74, 6) is -0.476. The molecule has 0 saturated carbocycles. The summed E-state index contributed by atoms with van der Waals surface area (Å²) in [6.07, 6.45) is -0.616. The van der Waals surface area contributed by atoms with Crippen LogP contribution in [0.25, 0.3) is 0 Å². The second-order valence-electron chi connectivity index (χ2n) is 5.09. The van der Waals surface area contributed by atoms with E-state index < -0.39 is 12.1 Å². The monoisotopic (exact) mass is 349 g/mol. The number of methoxy groups -OCH3 is 1. The average Bonchev–Trinajstić information content (AvgIpc) is 3.07. The van der Waals surface area contributed by atoms with E-state index in [4.69, 9.17) is 14.6 Å². The number of benzene rings is 1. The number of amides is 1. The minimum Gasteiger partial charge on any atom is -0.497 e. The van der Waals surface area contributed by atoms with E-state index in [1.165, 1.54) is 6.07 Å². The summed E-state index contributed by atoms with van der Waals surface area (Å²) in [7, 11) is 1.59. The lowest BCUT2D eigenvalue weighted by Crippen LogP contribution is -2.33. The molecule has 1 unspecified atom stereocenters. The van der Waals surface area contributed by atoms with Crippen LogP contribution in [0.2, 0.25) is 0 Å². The normalized spacial score (nSPS) is 11.8. The van der Waals surface area contributed by atoms with Crippen LogP contribution >= 0.6 is 11.3 Å². The smallest absolute Gasteiger partial charge is 0.345 e. The maximum atomic E-state index is 12.0. The van der Waals surface area contributed by atoms with Gasteiger partial charge in [-0.25, -0.2) is 4.79 Å². The van der Waals surface area contributed by atoms with Gasteiger partial charge in [-0.15, -0.1) is 11.3 Å². The molecular formula is C17H19NO5S. The summed E-state index contributed by atoms with van der Waals surface area (Å²) in [6.45, 7) is 2.25. The molecule has 0 bridgehead atoms. The quantitative estimate of drug-likeness (QED) is 0.765. The van der Waals surface area contributed by atoms with Gasteiger partial charge in [0, 0.05) is 4.88 Å². The third kappa shape index (κ3) is 5.07. The summed E-state index contributed by atoms with van der Waals surface area (Å²) in [4.78, 5) is 23.9. The Morgan fingerprint density at radius 2 is 2.08 bits per heavy atom. The maximum Gasteiger partial charge on any atom is 0.345 e. The van der Waals surface area contributed by atoms with Crippen LogP contribution in [-0.2, 0) is 22.7 Å². The highest BCUT2D eigenvalue weighted by Gasteiger charge is 2.14. The predicted molar refractivity (Wildman–Crippen MR) is 90.4 cm³/mol. The number of rotatable bonds is 8. The van der Waals surface area contributed by atoms with Crippen molar-refractivity contribution >= 4 is 23.2 Å². The van der Waals surface area contributed by atoms with Gasteiger partial charge in [0.15, 0.2) is 0 Å². The van der Waals surface area contributed by atoms with Crippen LogP contribution in [0.1, 0.15) is 27.0 Å². The number of nitrogens with one attached hydrogen (secondary N) is 1. The van der Waals surface area contributed by atoms with Crippen molar-refractivity contribution in [2.45, 2.75) is 26.2 Å². The molecular weight excluding hydrogens is 330 g/mol. The molecule has 2 N–H and O–H groups in total. The van der Waals surface area contributed by atoms with Gasteiger partial charge < -0.3 is 19.9 Å². The maximum absolute atomic E-state index is 12.0. The molecule has 0 spiro atoms. The zero-order chi connectivity index (χ0) is 17.5. The van der Waals surface area contributed by atoms with Crippen LogP contribution in [0.15, 0.2) is 36.4 Å². The Balaban J connectivity index is 1.79. The van der Waals surface area contributed by atoms with Crippen LogP contribution in [0.4, 0.5) is 0 Å². The molecule has 1 atom stereocenters. The lowest BCUT2D eigenvalue weighted by atomic mass is 10.2. The fourth-order valence-electron chi connectivity index (χ4n) is 1.96. The number of aromatic carboxylic acids is 1. The van der Waals surface area contributed by atoms with Crippen LogP contribution in [0, 0.1) is 0 Å². The summed E-state index contributed by atoms with van der Waals surface area (Å²) < 4.78 is 10.7. The van der Waals surface area contributed by atoms with E-state index in [9.17, 15) is 9.59 Å². The van der Waals surface area contributed by atoms with Crippen molar-refractivity contribution in [3.8, 4) is 5.75 Å². The van der Waals surface area contributed by atoms with Crippen molar-refractivity contribution < 1.29 is 24.2 Å². The van der Waals surface area contributed by atoms with Gasteiger partial charge in [0.25, 0.3) is 0 Å². The summed E-state index contributed by atoms with van der Waals surface area (Å²) in [5.41, 5.74) is 0.915. The van der Waals surface area contributed by atoms with Gasteiger partial charge in [-0.05, 0) is 36.8 Å². The number of carbonyl (C=O) groups is 2. The van der Waals surface area contributed by atoms with Gasteiger partial charge in [0.2, 0.25) is 5.91 Å². The van der Waals surface area contributed by atoms with E-state index >= 15 is 0 Å². The fraction of sp³-hybridized carbons (Fsp3) is 0.294. The second kappa shape index (κ2) is 8.47. The largest absolute Gasteiger partial charge is 0.497 e. The zero-order valence-electron chi connectivity index (χ0n) is 13.4. The highest BCUT2D eigenvalue weighted by Crippen LogP contribution is 2.16. The number of hydrogen-bond donors (Lipinski definition) is 2. The molecule has 0 fully saturated rings. The topological polar surface area (TPSA) is 84.9 Å². The van der Waals surface area contributed by atoms with Crippen molar-refractivity contribution in [2.24, 2.45) is 0 Å². The van der Waals surface area contributed by atoms with Crippen LogP contribution in [0.3, 0.4) is 0 Å². The third-order valence-electron chi connectivity index (χ3n) is 3.31. The first kappa shape index (κ1) is 18.0. The predicted octanol–water partition coefficient (Wildman–Crippen LogP) is 2.68. The van der Waals surface area contributed by atoms with Crippen LogP contribution in [0.5, 0.6) is 5.75 Å². The molecule has 2 aromatic rings. The molecule has 1 aromatic heterocycles. The van der Waals surface area contributed by atoms with Gasteiger partial charge in [0.1, 0.15) is 16.7 Å². The minimum absolute atomic E-state index is 0.247. The number of carboxylic acid groups (broad SMARTS) is 1. The van der Waals surface area contributed by atoms with Crippen molar-refractivity contribution in [3.05, 3.63) is 51.7 Å². The molecule has 1 heterocycles. The van der Waals surface area contributed by atoms with E-state index in [0.29, 0.717) is 6.61 Å². The molecule has 2 rings (SSSR count). The van der Waals surface area contributed by atoms with Gasteiger partial charge in [-0.3, -0.25) is 4.79 Å². The Bertz CT molecular complexity index is 713. The number of thiophene rings is 1. The summed E-state index contributed by atoms with van der Waals surface area (Å²) >= 11 is 1.14. The Morgan fingerprint density at radius 1 is 1.29 bits per heavy atom. The Labute approximate surface area is 144 Å². The van der Waals surface area contributed by atoms with Gasteiger partial charge in [-0.1, -0.05) is 12.1 Å². The van der Waals surface area contributed by atoms with E-state index in [-0.39, 0.29) is 17.3 Å². The highest BCUT2D eigenvalue weighted by molar-refractivity contribution is 7.13. The zero-order valence-corrected chi connectivity index (χ0v) is 14.3. The summed E-state index contributed by atoms with van der Waals surface area (Å²) in [5, 5.41) is 11.6. The molecule has 0 aliphatic rings. The molecule has 1 aromatic carbocycles. The molecule has 0 aliphatic carbocycles. The summed E-state index contributed by atoms with van der Waals surface area (Å²) in [6, 6.07) is 10.7. The second-order valence-corrected chi connectivity index (χ2v) is 6.26. The lowest BCUT2D eigenvalue weighted by Gasteiger charge is -2.13. The van der Waals surface area contributed by atoms with Crippen molar-refractivity contribution in [1.29, 1.82) is 0 Å². The van der Waals surface area contributed by atoms with E-state index in [1.54, 1.807) is 20.1 Å². The molecule has 6 nitrogen and oxygen atoms in total. The van der Waals surface area contributed by atoms with E-state index in [2.05, 4.69) is 5.32 Å². The molecule has 24 heavy (non-hydrogen) atoms. The van der Waals surface area contributed by atoms with Crippen molar-refractivity contribution in [2.75, 3.05) is 7.11 Å². The van der Waals surface area contributed by atoms with E-state index in [0.717, 1.165) is 27.5 Å². The van der Waals surface area contributed by atoms with Crippen LogP contribution in [-0.4, -0.2) is 30.2 Å². The SMILES string of the molecule is COc1cccc(COC(C)C(=O)NCc2ccc(C(=O)O)s2)c1. The average molecular weight is 349 g/mol. The standard InChI is InChI=1S/C17H19NO5S/c1-11(23-10-12-4-3-5-13(8-12)22-2)16(19)18-9-14-6-7-15(24-14)17(20)21/h3-8,11H,9-10H2,1-2H3,(H,18,19)(H,20,21). The number of hydrogen-bond acceptors (Lipinski definition) is 5. The van der Waals surface area contributed by atoms with Crippen LogP contribution < -0.4 is 10.1 Å². The number of carbonyl (C=O) groups excluding carboxylic acids is 1. The Hall–Kier alpha value is -2.38. The van der Waals surface area contributed by atoms with Gasteiger partial charge in [0.05, 0.1) is 20.3 Å². The third-order valence-corrected chi connectivity index (χ3v) is 4.39.